The van der Waals surface area contributed by atoms with Crippen molar-refractivity contribution in [2.75, 3.05) is 6.61 Å². The van der Waals surface area contributed by atoms with Crippen LogP contribution < -0.4 is 10.6 Å². The van der Waals surface area contributed by atoms with E-state index in [4.69, 9.17) is 4.74 Å². The van der Waals surface area contributed by atoms with Crippen molar-refractivity contribution in [3.63, 3.8) is 0 Å². The molecule has 0 saturated carbocycles. The summed E-state index contributed by atoms with van der Waals surface area (Å²) in [6, 6.07) is 19.9. The van der Waals surface area contributed by atoms with Crippen LogP contribution in [0.3, 0.4) is 0 Å². The quantitative estimate of drug-likeness (QED) is 0.333. The van der Waals surface area contributed by atoms with Gasteiger partial charge in [0.05, 0.1) is 12.6 Å². The smallest absolute Gasteiger partial charge is 0.302 e. The van der Waals surface area contributed by atoms with Gasteiger partial charge in [0.1, 0.15) is 17.5 Å². The number of rotatable bonds is 10. The number of carbonyl (C=O) groups excluding carboxylic acids is 3. The van der Waals surface area contributed by atoms with Gasteiger partial charge in [-0.15, -0.1) is 0 Å². The summed E-state index contributed by atoms with van der Waals surface area (Å²) < 4.78 is 5.06. The molecule has 0 aliphatic heterocycles. The highest BCUT2D eigenvalue weighted by Gasteiger charge is 2.25. The van der Waals surface area contributed by atoms with Crippen LogP contribution in [0.5, 0.6) is 11.5 Å². The molecule has 3 aromatic rings. The summed E-state index contributed by atoms with van der Waals surface area (Å²) >= 11 is 0. The van der Waals surface area contributed by atoms with Crippen molar-refractivity contribution >= 4 is 17.8 Å². The Hall–Kier alpha value is -4.33. The largest absolute Gasteiger partial charge is 0.508 e. The molecule has 0 bridgehead atoms. The summed E-state index contributed by atoms with van der Waals surface area (Å²) in [7, 11) is 0. The van der Waals surface area contributed by atoms with Gasteiger partial charge in [-0.3, -0.25) is 14.4 Å². The SMILES string of the molecule is CC(=O)OCC[C@H](NC(=O)[C@@H](Cc1ccc(O)cc1)NC(=O)c1ccccc1)c1ccc(O)cc1. The maximum atomic E-state index is 13.4. The van der Waals surface area contributed by atoms with Crippen molar-refractivity contribution in [2.24, 2.45) is 0 Å². The first-order valence-electron chi connectivity index (χ1n) is 11.2. The van der Waals surface area contributed by atoms with Crippen LogP contribution in [0.4, 0.5) is 0 Å². The highest BCUT2D eigenvalue weighted by atomic mass is 16.5. The topological polar surface area (TPSA) is 125 Å². The van der Waals surface area contributed by atoms with Gasteiger partial charge < -0.3 is 25.6 Å². The minimum Gasteiger partial charge on any atom is -0.508 e. The molecule has 0 aromatic heterocycles. The Balaban J connectivity index is 1.81. The predicted molar refractivity (Wildman–Crippen MR) is 130 cm³/mol. The van der Waals surface area contributed by atoms with E-state index in [1.165, 1.54) is 31.2 Å². The Bertz CT molecular complexity index is 1130. The zero-order chi connectivity index (χ0) is 25.2. The summed E-state index contributed by atoms with van der Waals surface area (Å²) in [4.78, 5) is 37.4. The van der Waals surface area contributed by atoms with E-state index in [-0.39, 0.29) is 24.5 Å². The van der Waals surface area contributed by atoms with Gasteiger partial charge in [0, 0.05) is 25.3 Å². The number of nitrogens with one attached hydrogen (secondary N) is 2. The van der Waals surface area contributed by atoms with Gasteiger partial charge in [0.2, 0.25) is 5.91 Å². The molecule has 4 N–H and O–H groups in total. The van der Waals surface area contributed by atoms with Gasteiger partial charge in [-0.2, -0.15) is 0 Å². The van der Waals surface area contributed by atoms with Crippen molar-refractivity contribution in [2.45, 2.75) is 31.8 Å². The molecule has 0 fully saturated rings. The number of benzene rings is 3. The number of phenolic OH excluding ortho intramolecular Hbond substituents is 2. The van der Waals surface area contributed by atoms with E-state index in [9.17, 15) is 24.6 Å². The molecule has 35 heavy (non-hydrogen) atoms. The average molecular weight is 477 g/mol. The molecule has 0 radical (unpaired) electrons. The van der Waals surface area contributed by atoms with E-state index in [0.29, 0.717) is 17.5 Å². The maximum Gasteiger partial charge on any atom is 0.302 e. The average Bonchev–Trinajstić information content (AvgIpc) is 2.85. The second-order valence-corrected chi connectivity index (χ2v) is 8.04. The van der Waals surface area contributed by atoms with Gasteiger partial charge >= 0.3 is 5.97 Å². The van der Waals surface area contributed by atoms with Crippen LogP contribution in [0.2, 0.25) is 0 Å². The Morgan fingerprint density at radius 1 is 0.829 bits per heavy atom. The van der Waals surface area contributed by atoms with Crippen molar-refractivity contribution < 1.29 is 29.3 Å². The van der Waals surface area contributed by atoms with Crippen LogP contribution in [-0.2, 0) is 20.7 Å². The van der Waals surface area contributed by atoms with Crippen LogP contribution in [0.25, 0.3) is 0 Å². The van der Waals surface area contributed by atoms with Crippen LogP contribution in [0.15, 0.2) is 78.9 Å². The molecule has 0 aliphatic carbocycles. The van der Waals surface area contributed by atoms with E-state index < -0.39 is 29.9 Å². The summed E-state index contributed by atoms with van der Waals surface area (Å²) in [6.45, 7) is 1.39. The first kappa shape index (κ1) is 25.3. The first-order valence-corrected chi connectivity index (χ1v) is 11.2. The fraction of sp³-hybridized carbons (Fsp3) is 0.222. The third kappa shape index (κ3) is 7.89. The molecule has 182 valence electrons. The zero-order valence-corrected chi connectivity index (χ0v) is 19.3. The van der Waals surface area contributed by atoms with Crippen LogP contribution >= 0.6 is 0 Å². The maximum absolute atomic E-state index is 13.4. The molecule has 0 unspecified atom stereocenters. The van der Waals surface area contributed by atoms with E-state index in [1.54, 1.807) is 54.6 Å². The molecule has 0 aliphatic rings. The summed E-state index contributed by atoms with van der Waals surface area (Å²) in [5.41, 5.74) is 1.87. The second kappa shape index (κ2) is 12.2. The molecular weight excluding hydrogens is 448 g/mol. The summed E-state index contributed by atoms with van der Waals surface area (Å²) in [5.74, 6) is -1.07. The molecule has 0 heterocycles. The normalized spacial score (nSPS) is 12.3. The van der Waals surface area contributed by atoms with E-state index in [0.717, 1.165) is 5.56 Å². The lowest BCUT2D eigenvalue weighted by molar-refractivity contribution is -0.141. The molecule has 8 heteroatoms. The number of phenols is 2. The number of aromatic hydroxyl groups is 2. The molecule has 3 rings (SSSR count). The van der Waals surface area contributed by atoms with Gasteiger partial charge in [-0.05, 0) is 47.5 Å². The summed E-state index contributed by atoms with van der Waals surface area (Å²) in [6.07, 6.45) is 0.492. The van der Waals surface area contributed by atoms with Crippen molar-refractivity contribution in [1.29, 1.82) is 0 Å². The van der Waals surface area contributed by atoms with Crippen molar-refractivity contribution in [1.82, 2.24) is 10.6 Å². The van der Waals surface area contributed by atoms with Gasteiger partial charge in [0.25, 0.3) is 5.91 Å². The lowest BCUT2D eigenvalue weighted by atomic mass is 10.0. The molecule has 2 amide bonds. The van der Waals surface area contributed by atoms with E-state index >= 15 is 0 Å². The Kier molecular flexibility index (Phi) is 8.83. The number of hydrogen-bond donors (Lipinski definition) is 4. The van der Waals surface area contributed by atoms with Crippen molar-refractivity contribution in [3.05, 3.63) is 95.6 Å². The van der Waals surface area contributed by atoms with Crippen LogP contribution in [0, 0.1) is 0 Å². The number of carbonyl (C=O) groups is 3. The molecule has 8 nitrogen and oxygen atoms in total. The van der Waals surface area contributed by atoms with Gasteiger partial charge in [-0.1, -0.05) is 42.5 Å². The number of esters is 1. The van der Waals surface area contributed by atoms with Crippen LogP contribution in [0.1, 0.15) is 40.9 Å². The molecule has 0 spiro atoms. The Morgan fingerprint density at radius 3 is 2.03 bits per heavy atom. The number of amides is 2. The third-order valence-electron chi connectivity index (χ3n) is 5.36. The highest BCUT2D eigenvalue weighted by molar-refractivity contribution is 5.97. The minimum atomic E-state index is -0.916. The monoisotopic (exact) mass is 476 g/mol. The van der Waals surface area contributed by atoms with E-state index in [1.807, 2.05) is 0 Å². The fourth-order valence-electron chi connectivity index (χ4n) is 3.53. The van der Waals surface area contributed by atoms with Crippen molar-refractivity contribution in [3.8, 4) is 11.5 Å². The molecule has 0 saturated heterocycles. The number of hydrogen-bond acceptors (Lipinski definition) is 6. The lowest BCUT2D eigenvalue weighted by Crippen LogP contribution is -2.49. The molecule has 3 aromatic carbocycles. The van der Waals surface area contributed by atoms with E-state index in [2.05, 4.69) is 10.6 Å². The van der Waals surface area contributed by atoms with Crippen LogP contribution in [-0.4, -0.2) is 40.6 Å². The lowest BCUT2D eigenvalue weighted by Gasteiger charge is -2.24. The fourth-order valence-corrected chi connectivity index (χ4v) is 3.53. The predicted octanol–water partition coefficient (Wildman–Crippen LogP) is 3.25. The Morgan fingerprint density at radius 2 is 1.43 bits per heavy atom. The number of ether oxygens (including phenoxy) is 1. The zero-order valence-electron chi connectivity index (χ0n) is 19.3. The summed E-state index contributed by atoms with van der Waals surface area (Å²) in [5, 5.41) is 24.9. The Labute approximate surface area is 203 Å². The third-order valence-corrected chi connectivity index (χ3v) is 5.36. The molecule has 2 atom stereocenters. The van der Waals surface area contributed by atoms with Gasteiger partial charge in [-0.25, -0.2) is 0 Å². The highest BCUT2D eigenvalue weighted by Crippen LogP contribution is 2.21. The standard InChI is InChI=1S/C27H28N2O6/c1-18(30)35-16-15-24(20-9-13-23(32)14-10-20)28-27(34)25(17-19-7-11-22(31)12-8-19)29-26(33)21-5-3-2-4-6-21/h2-14,24-25,31-32H,15-17H2,1H3,(H,28,34)(H,29,33)/t24-,25+/m0/s1. The first-order chi connectivity index (χ1) is 16.8. The van der Waals surface area contributed by atoms with Gasteiger partial charge in [0.15, 0.2) is 0 Å². The second-order valence-electron chi connectivity index (χ2n) is 8.04. The minimum absolute atomic E-state index is 0.0825. The molecular formula is C27H28N2O6.